The van der Waals surface area contributed by atoms with Crippen molar-refractivity contribution >= 4 is 17.5 Å². The van der Waals surface area contributed by atoms with Gasteiger partial charge in [0.2, 0.25) is 5.82 Å². The summed E-state index contributed by atoms with van der Waals surface area (Å²) in [6.45, 7) is 1.88. The van der Waals surface area contributed by atoms with Crippen LogP contribution < -0.4 is 5.32 Å². The zero-order valence-corrected chi connectivity index (χ0v) is 13.6. The molecule has 0 spiro atoms. The lowest BCUT2D eigenvalue weighted by molar-refractivity contribution is -0.384. The van der Waals surface area contributed by atoms with E-state index in [0.717, 1.165) is 11.6 Å². The molecular formula is C15H17N5O5. The van der Waals surface area contributed by atoms with Gasteiger partial charge in [-0.25, -0.2) is 9.78 Å². The van der Waals surface area contributed by atoms with Crippen LogP contribution in [0.15, 0.2) is 24.7 Å². The summed E-state index contributed by atoms with van der Waals surface area (Å²) in [4.78, 5) is 26.2. The number of aromatic nitrogens is 3. The quantitative estimate of drug-likeness (QED) is 0.466. The van der Waals surface area contributed by atoms with Crippen LogP contribution in [-0.4, -0.2) is 50.0 Å². The number of aliphatic hydroxyl groups is 1. The minimum absolute atomic E-state index is 0.00681. The van der Waals surface area contributed by atoms with E-state index in [1.165, 1.54) is 13.3 Å². The molecule has 10 nitrogen and oxygen atoms in total. The number of nitrogens with zero attached hydrogens (tertiary/aromatic N) is 4. The fourth-order valence-electron chi connectivity index (χ4n) is 2.82. The molecule has 1 fully saturated rings. The molecule has 2 aromatic rings. The average molecular weight is 347 g/mol. The Bertz CT molecular complexity index is 820. The highest BCUT2D eigenvalue weighted by Crippen LogP contribution is 2.36. The Hall–Kier alpha value is -3.01. The Morgan fingerprint density at radius 1 is 1.52 bits per heavy atom. The van der Waals surface area contributed by atoms with Gasteiger partial charge < -0.3 is 15.2 Å². The van der Waals surface area contributed by atoms with E-state index in [2.05, 4.69) is 20.1 Å². The first kappa shape index (κ1) is 16.8. The second-order valence-corrected chi connectivity index (χ2v) is 5.88. The Morgan fingerprint density at radius 2 is 2.28 bits per heavy atom. The third kappa shape index (κ3) is 3.15. The highest BCUT2D eigenvalue weighted by atomic mass is 16.6. The van der Waals surface area contributed by atoms with E-state index in [-0.39, 0.29) is 29.2 Å². The Morgan fingerprint density at radius 3 is 2.84 bits per heavy atom. The number of pyridine rings is 1. The van der Waals surface area contributed by atoms with Crippen molar-refractivity contribution in [1.29, 1.82) is 0 Å². The molecule has 0 unspecified atom stereocenters. The normalized spacial score (nSPS) is 22.1. The van der Waals surface area contributed by atoms with Crippen molar-refractivity contribution in [2.24, 2.45) is 0 Å². The van der Waals surface area contributed by atoms with Gasteiger partial charge in [-0.15, -0.1) is 0 Å². The molecule has 0 saturated heterocycles. The van der Waals surface area contributed by atoms with Crippen molar-refractivity contribution in [2.45, 2.75) is 31.5 Å². The van der Waals surface area contributed by atoms with Crippen LogP contribution in [0.3, 0.4) is 0 Å². The van der Waals surface area contributed by atoms with Crippen LogP contribution in [0.5, 0.6) is 0 Å². The van der Waals surface area contributed by atoms with Gasteiger partial charge >= 0.3 is 11.7 Å². The lowest BCUT2D eigenvalue weighted by Gasteiger charge is -2.41. The molecule has 2 aromatic heterocycles. The summed E-state index contributed by atoms with van der Waals surface area (Å²) in [5.74, 6) is -0.672. The minimum atomic E-state index is -0.703. The van der Waals surface area contributed by atoms with Crippen LogP contribution in [0.1, 0.15) is 28.4 Å². The Labute approximate surface area is 142 Å². The lowest BCUT2D eigenvalue weighted by Crippen LogP contribution is -2.51. The van der Waals surface area contributed by atoms with E-state index in [1.807, 2.05) is 6.92 Å². The predicted octanol–water partition coefficient (Wildman–Crippen LogP) is 1.07. The molecule has 0 bridgehead atoms. The molecule has 0 aromatic carbocycles. The van der Waals surface area contributed by atoms with Crippen LogP contribution in [0.25, 0.3) is 0 Å². The van der Waals surface area contributed by atoms with Gasteiger partial charge in [0.25, 0.3) is 0 Å². The number of aliphatic hydroxyl groups excluding tert-OH is 1. The third-order valence-corrected chi connectivity index (χ3v) is 4.15. The van der Waals surface area contributed by atoms with Gasteiger partial charge in [0.15, 0.2) is 0 Å². The molecule has 132 valence electrons. The molecule has 0 amide bonds. The van der Waals surface area contributed by atoms with Crippen molar-refractivity contribution in [3.63, 3.8) is 0 Å². The number of methoxy groups -OCH3 is 1. The van der Waals surface area contributed by atoms with Crippen LogP contribution in [0, 0.1) is 17.0 Å². The summed E-state index contributed by atoms with van der Waals surface area (Å²) < 4.78 is 6.18. The summed E-state index contributed by atoms with van der Waals surface area (Å²) in [7, 11) is 1.19. The molecule has 1 aliphatic carbocycles. The van der Waals surface area contributed by atoms with Gasteiger partial charge in [-0.05, 0) is 18.9 Å². The number of anilines is 1. The number of ether oxygens (including phenoxy) is 1. The summed E-state index contributed by atoms with van der Waals surface area (Å²) in [6, 6.07) is 0.489. The number of esters is 1. The van der Waals surface area contributed by atoms with E-state index in [4.69, 9.17) is 0 Å². The summed E-state index contributed by atoms with van der Waals surface area (Å²) >= 11 is 0. The van der Waals surface area contributed by atoms with Crippen molar-refractivity contribution < 1.29 is 19.6 Å². The number of hydrogen-bond acceptors (Lipinski definition) is 8. The first-order valence-corrected chi connectivity index (χ1v) is 7.59. The molecule has 1 saturated carbocycles. The monoisotopic (exact) mass is 347 g/mol. The van der Waals surface area contributed by atoms with Gasteiger partial charge in [0.1, 0.15) is 0 Å². The third-order valence-electron chi connectivity index (χ3n) is 4.15. The van der Waals surface area contributed by atoms with E-state index in [9.17, 15) is 20.0 Å². The number of hydrogen-bond donors (Lipinski definition) is 2. The van der Waals surface area contributed by atoms with Gasteiger partial charge in [0, 0.05) is 18.5 Å². The van der Waals surface area contributed by atoms with Gasteiger partial charge in [-0.3, -0.25) is 14.8 Å². The highest BCUT2D eigenvalue weighted by molar-refractivity contribution is 5.90. The molecular weight excluding hydrogens is 330 g/mol. The van der Waals surface area contributed by atoms with Crippen LogP contribution >= 0.6 is 0 Å². The second kappa shape index (κ2) is 6.48. The van der Waals surface area contributed by atoms with Gasteiger partial charge in [-0.1, -0.05) is 0 Å². The summed E-state index contributed by atoms with van der Waals surface area (Å²) in [5.41, 5.74) is 0.608. The summed E-state index contributed by atoms with van der Waals surface area (Å²) in [5, 5.41) is 28.5. The first-order chi connectivity index (χ1) is 11.9. The maximum Gasteiger partial charge on any atom is 0.339 e. The standard InChI is InChI=1S/C15H17N5O5/c1-8-5-17-19(7-8)13-10(4-12(13)21)18-14-11(20(23)24)3-9(6-16-14)15(22)25-2/h3,5-7,10,12-13,21H,4H2,1-2H3,(H,16,18)/t10-,12+,13+/m1/s1. The molecule has 1 aliphatic rings. The first-order valence-electron chi connectivity index (χ1n) is 7.59. The molecule has 2 N–H and O–H groups in total. The molecule has 10 heteroatoms. The number of nitrogens with one attached hydrogen (secondary N) is 1. The number of aryl methyl sites for hydroxylation is 1. The number of rotatable bonds is 5. The largest absolute Gasteiger partial charge is 0.465 e. The van der Waals surface area contributed by atoms with E-state index >= 15 is 0 Å². The molecule has 0 aliphatic heterocycles. The summed E-state index contributed by atoms with van der Waals surface area (Å²) in [6.07, 6.45) is 4.48. The Balaban J connectivity index is 1.85. The van der Waals surface area contributed by atoms with Gasteiger partial charge in [-0.2, -0.15) is 5.10 Å². The zero-order chi connectivity index (χ0) is 18.1. The molecule has 0 radical (unpaired) electrons. The van der Waals surface area contributed by atoms with Crippen molar-refractivity contribution in [3.05, 3.63) is 45.9 Å². The van der Waals surface area contributed by atoms with Crippen molar-refractivity contribution in [3.8, 4) is 0 Å². The van der Waals surface area contributed by atoms with E-state index in [0.29, 0.717) is 6.42 Å². The maximum atomic E-state index is 11.5. The van der Waals surface area contributed by atoms with Crippen molar-refractivity contribution in [2.75, 3.05) is 12.4 Å². The van der Waals surface area contributed by atoms with E-state index < -0.39 is 17.0 Å². The highest BCUT2D eigenvalue weighted by Gasteiger charge is 2.43. The smallest absolute Gasteiger partial charge is 0.339 e. The number of carbonyl (C=O) groups excluding carboxylic acids is 1. The van der Waals surface area contributed by atoms with Crippen LogP contribution in [0.4, 0.5) is 11.5 Å². The van der Waals surface area contributed by atoms with Crippen LogP contribution in [0.2, 0.25) is 0 Å². The molecule has 3 atom stereocenters. The minimum Gasteiger partial charge on any atom is -0.465 e. The molecule has 2 heterocycles. The fraction of sp³-hybridized carbons (Fsp3) is 0.400. The molecule has 25 heavy (non-hydrogen) atoms. The Kier molecular flexibility index (Phi) is 4.36. The number of nitro groups is 1. The SMILES string of the molecule is COC(=O)c1cnc(N[C@@H]2C[C@H](O)[C@H]2n2cc(C)cn2)c([N+](=O)[O-])c1. The molecule has 3 rings (SSSR count). The predicted molar refractivity (Wildman–Crippen MR) is 86.3 cm³/mol. The number of carbonyl (C=O) groups is 1. The van der Waals surface area contributed by atoms with Crippen LogP contribution in [-0.2, 0) is 4.74 Å². The average Bonchev–Trinajstić information content (AvgIpc) is 2.98. The fourth-order valence-corrected chi connectivity index (χ4v) is 2.82. The van der Waals surface area contributed by atoms with Gasteiger partial charge in [0.05, 0.1) is 42.0 Å². The maximum absolute atomic E-state index is 11.5. The van der Waals surface area contributed by atoms with Crippen molar-refractivity contribution in [1.82, 2.24) is 14.8 Å². The zero-order valence-electron chi connectivity index (χ0n) is 13.6. The second-order valence-electron chi connectivity index (χ2n) is 5.88. The van der Waals surface area contributed by atoms with E-state index in [1.54, 1.807) is 17.1 Å². The topological polar surface area (TPSA) is 132 Å². The lowest BCUT2D eigenvalue weighted by atomic mass is 9.83.